The zero-order chi connectivity index (χ0) is 17.6. The fraction of sp³-hybridized carbons (Fsp3) is 0.235. The van der Waals surface area contributed by atoms with E-state index >= 15 is 0 Å². The van der Waals surface area contributed by atoms with Crippen LogP contribution in [0.15, 0.2) is 40.2 Å². The fourth-order valence-corrected chi connectivity index (χ4v) is 3.37. The van der Waals surface area contributed by atoms with Gasteiger partial charge in [0, 0.05) is 10.4 Å². The Hall–Kier alpha value is -2.19. The molecule has 0 spiro atoms. The first-order valence-corrected chi connectivity index (χ1v) is 9.61. The summed E-state index contributed by atoms with van der Waals surface area (Å²) in [6.07, 6.45) is 0. The minimum absolute atomic E-state index is 0.0428. The van der Waals surface area contributed by atoms with E-state index in [0.717, 1.165) is 4.88 Å². The molecule has 3 rings (SSSR count). The topological polar surface area (TPSA) is 68.0 Å². The Morgan fingerprint density at radius 1 is 1.40 bits per heavy atom. The molecular formula is C17H16FN3O2S2. The third kappa shape index (κ3) is 4.90. The molecule has 0 unspecified atom stereocenters. The number of thioether (sulfide) groups is 1. The molecule has 1 N–H and O–H groups in total. The molecular weight excluding hydrogens is 361 g/mol. The van der Waals surface area contributed by atoms with Crippen molar-refractivity contribution in [2.24, 2.45) is 0 Å². The highest BCUT2D eigenvalue weighted by atomic mass is 32.2. The smallest absolute Gasteiger partial charge is 0.236 e. The normalized spacial score (nSPS) is 10.8. The van der Waals surface area contributed by atoms with Crippen LogP contribution in [-0.4, -0.2) is 21.8 Å². The second-order valence-electron chi connectivity index (χ2n) is 5.32. The quantitative estimate of drug-likeness (QED) is 0.678. The number of aryl methyl sites for hydroxylation is 1. The lowest BCUT2D eigenvalue weighted by atomic mass is 10.1. The van der Waals surface area contributed by atoms with E-state index in [-0.39, 0.29) is 11.7 Å². The Bertz CT molecular complexity index is 849. The first kappa shape index (κ1) is 17.6. The lowest BCUT2D eigenvalue weighted by molar-refractivity contribution is -0.118. The van der Waals surface area contributed by atoms with Gasteiger partial charge in [0.15, 0.2) is 0 Å². The number of amides is 1. The number of benzene rings is 1. The van der Waals surface area contributed by atoms with Crippen molar-refractivity contribution in [1.29, 1.82) is 0 Å². The van der Waals surface area contributed by atoms with Crippen LogP contribution in [0.3, 0.4) is 0 Å². The van der Waals surface area contributed by atoms with Gasteiger partial charge in [0.05, 0.1) is 18.1 Å². The van der Waals surface area contributed by atoms with E-state index in [1.54, 1.807) is 30.4 Å². The minimum atomic E-state index is -0.305. The monoisotopic (exact) mass is 377 g/mol. The number of carbonyl (C=O) groups excluding carboxylic acids is 1. The third-order valence-corrected chi connectivity index (χ3v) is 5.19. The number of thiophene rings is 1. The Kier molecular flexibility index (Phi) is 5.83. The first-order chi connectivity index (χ1) is 12.1. The molecule has 0 radical (unpaired) electrons. The summed E-state index contributed by atoms with van der Waals surface area (Å²) in [5.74, 6) is 1.14. The van der Waals surface area contributed by atoms with Crippen LogP contribution in [0.2, 0.25) is 0 Å². The third-order valence-electron chi connectivity index (χ3n) is 3.40. The van der Waals surface area contributed by atoms with Crippen LogP contribution in [0, 0.1) is 12.7 Å². The van der Waals surface area contributed by atoms with Crippen LogP contribution in [-0.2, 0) is 17.1 Å². The van der Waals surface area contributed by atoms with E-state index in [2.05, 4.69) is 15.5 Å². The van der Waals surface area contributed by atoms with Crippen molar-refractivity contribution in [2.75, 3.05) is 5.75 Å². The van der Waals surface area contributed by atoms with Crippen molar-refractivity contribution in [3.8, 4) is 11.4 Å². The molecule has 5 nitrogen and oxygen atoms in total. The van der Waals surface area contributed by atoms with Crippen LogP contribution >= 0.6 is 23.1 Å². The van der Waals surface area contributed by atoms with Crippen LogP contribution in [0.25, 0.3) is 11.4 Å². The Morgan fingerprint density at radius 2 is 2.28 bits per heavy atom. The summed E-state index contributed by atoms with van der Waals surface area (Å²) < 4.78 is 18.8. The molecule has 0 fully saturated rings. The molecule has 8 heteroatoms. The molecule has 25 heavy (non-hydrogen) atoms. The average Bonchev–Trinajstić information content (AvgIpc) is 3.27. The van der Waals surface area contributed by atoms with E-state index in [4.69, 9.17) is 4.52 Å². The minimum Gasteiger partial charge on any atom is -0.350 e. The van der Waals surface area contributed by atoms with Crippen molar-refractivity contribution in [2.45, 2.75) is 19.2 Å². The SMILES string of the molecule is Cc1ccc(-c2noc(CSCC(=O)NCc3cccs3)n2)cc1F. The van der Waals surface area contributed by atoms with Crippen LogP contribution in [0.5, 0.6) is 0 Å². The van der Waals surface area contributed by atoms with Gasteiger partial charge >= 0.3 is 0 Å². The number of nitrogens with zero attached hydrogens (tertiary/aromatic N) is 2. The predicted octanol–water partition coefficient (Wildman–Crippen LogP) is 3.80. The summed E-state index contributed by atoms with van der Waals surface area (Å²) in [5.41, 5.74) is 1.13. The second-order valence-corrected chi connectivity index (χ2v) is 7.34. The van der Waals surface area contributed by atoms with E-state index in [1.165, 1.54) is 17.8 Å². The number of aromatic nitrogens is 2. The van der Waals surface area contributed by atoms with Crippen LogP contribution in [0.4, 0.5) is 4.39 Å². The molecule has 0 bridgehead atoms. The lowest BCUT2D eigenvalue weighted by Crippen LogP contribution is -2.24. The van der Waals surface area contributed by atoms with Gasteiger partial charge in [-0.05, 0) is 30.0 Å². The number of hydrogen-bond donors (Lipinski definition) is 1. The molecule has 0 saturated heterocycles. The van der Waals surface area contributed by atoms with E-state index in [9.17, 15) is 9.18 Å². The van der Waals surface area contributed by atoms with Gasteiger partial charge in [-0.2, -0.15) is 4.98 Å². The molecule has 3 aromatic rings. The van der Waals surface area contributed by atoms with Gasteiger partial charge in [0.2, 0.25) is 17.6 Å². The highest BCUT2D eigenvalue weighted by Crippen LogP contribution is 2.20. The first-order valence-electron chi connectivity index (χ1n) is 7.58. The summed E-state index contributed by atoms with van der Waals surface area (Å²) in [7, 11) is 0. The Balaban J connectivity index is 1.46. The molecule has 0 aliphatic carbocycles. The molecule has 130 valence electrons. The highest BCUT2D eigenvalue weighted by molar-refractivity contribution is 7.99. The molecule has 0 atom stereocenters. The number of halogens is 1. The molecule has 2 aromatic heterocycles. The maximum absolute atomic E-state index is 13.6. The summed E-state index contributed by atoms with van der Waals surface area (Å²) in [4.78, 5) is 17.1. The van der Waals surface area contributed by atoms with Crippen molar-refractivity contribution >= 4 is 29.0 Å². The number of hydrogen-bond acceptors (Lipinski definition) is 6. The predicted molar refractivity (Wildman–Crippen MR) is 96.8 cm³/mol. The van der Waals surface area contributed by atoms with Crippen LogP contribution in [0.1, 0.15) is 16.3 Å². The summed E-state index contributed by atoms with van der Waals surface area (Å²) in [6, 6.07) is 8.74. The maximum Gasteiger partial charge on any atom is 0.236 e. The zero-order valence-electron chi connectivity index (χ0n) is 13.5. The highest BCUT2D eigenvalue weighted by Gasteiger charge is 2.11. The van der Waals surface area contributed by atoms with Gasteiger partial charge in [-0.3, -0.25) is 4.79 Å². The van der Waals surface area contributed by atoms with Gasteiger partial charge in [-0.1, -0.05) is 23.4 Å². The van der Waals surface area contributed by atoms with Gasteiger partial charge in [-0.25, -0.2) is 4.39 Å². The summed E-state index contributed by atoms with van der Waals surface area (Å²) in [6.45, 7) is 2.24. The van der Waals surface area contributed by atoms with Gasteiger partial charge in [-0.15, -0.1) is 23.1 Å². The molecule has 0 aliphatic rings. The molecule has 1 aromatic carbocycles. The van der Waals surface area contributed by atoms with Crippen LogP contribution < -0.4 is 5.32 Å². The average molecular weight is 377 g/mol. The van der Waals surface area contributed by atoms with E-state index in [0.29, 0.717) is 40.9 Å². The lowest BCUT2D eigenvalue weighted by Gasteiger charge is -2.02. The van der Waals surface area contributed by atoms with Gasteiger partial charge < -0.3 is 9.84 Å². The second kappa shape index (κ2) is 8.26. The standard InChI is InChI=1S/C17H16FN3O2S2/c1-11-4-5-12(7-14(11)18)17-20-16(23-21-17)10-24-9-15(22)19-8-13-3-2-6-25-13/h2-7H,8-10H2,1H3,(H,19,22). The maximum atomic E-state index is 13.6. The van der Waals surface area contributed by atoms with Gasteiger partial charge in [0.25, 0.3) is 0 Å². The number of rotatable bonds is 7. The van der Waals surface area contributed by atoms with Crippen molar-refractivity contribution in [3.05, 3.63) is 57.9 Å². The van der Waals surface area contributed by atoms with E-state index < -0.39 is 0 Å². The number of carbonyl (C=O) groups is 1. The van der Waals surface area contributed by atoms with Crippen molar-refractivity contribution < 1.29 is 13.7 Å². The molecule has 1 amide bonds. The zero-order valence-corrected chi connectivity index (χ0v) is 15.1. The fourth-order valence-electron chi connectivity index (χ4n) is 2.04. The molecule has 0 saturated carbocycles. The summed E-state index contributed by atoms with van der Waals surface area (Å²) in [5, 5.41) is 8.69. The Morgan fingerprint density at radius 3 is 3.04 bits per heavy atom. The van der Waals surface area contributed by atoms with E-state index in [1.807, 2.05) is 17.5 Å². The number of nitrogens with one attached hydrogen (secondary N) is 1. The largest absolute Gasteiger partial charge is 0.350 e. The van der Waals surface area contributed by atoms with Crippen molar-refractivity contribution in [1.82, 2.24) is 15.5 Å². The van der Waals surface area contributed by atoms with Gasteiger partial charge in [0.1, 0.15) is 5.82 Å². The van der Waals surface area contributed by atoms with Crippen molar-refractivity contribution in [3.63, 3.8) is 0 Å². The Labute approximate surface area is 152 Å². The molecule has 2 heterocycles. The molecule has 0 aliphatic heterocycles. The summed E-state index contributed by atoms with van der Waals surface area (Å²) >= 11 is 2.99.